The Labute approximate surface area is 130 Å². The summed E-state index contributed by atoms with van der Waals surface area (Å²) in [6.07, 6.45) is 0. The molecule has 0 atom stereocenters. The van der Waals surface area contributed by atoms with Gasteiger partial charge in [-0.3, -0.25) is 4.79 Å². The SMILES string of the molecule is COc1cc(N)ccc1C(=O)Nc1ccc(Br)cc1C#N. The van der Waals surface area contributed by atoms with Crippen molar-refractivity contribution < 1.29 is 9.53 Å². The molecule has 0 unspecified atom stereocenters. The van der Waals surface area contributed by atoms with Crippen LogP contribution in [0.1, 0.15) is 15.9 Å². The lowest BCUT2D eigenvalue weighted by Crippen LogP contribution is -2.14. The third-order valence-corrected chi connectivity index (χ3v) is 3.31. The quantitative estimate of drug-likeness (QED) is 0.836. The highest BCUT2D eigenvalue weighted by Gasteiger charge is 2.14. The number of nitrogens with zero attached hydrogens (tertiary/aromatic N) is 1. The number of carbonyl (C=O) groups excluding carboxylic acids is 1. The summed E-state index contributed by atoms with van der Waals surface area (Å²) in [5.74, 6) is 0.00814. The van der Waals surface area contributed by atoms with Gasteiger partial charge in [0.25, 0.3) is 5.91 Å². The predicted octanol–water partition coefficient (Wildman–Crippen LogP) is 3.16. The van der Waals surface area contributed by atoms with Crippen molar-refractivity contribution >= 4 is 33.2 Å². The highest BCUT2D eigenvalue weighted by molar-refractivity contribution is 9.10. The Morgan fingerprint density at radius 3 is 2.76 bits per heavy atom. The number of rotatable bonds is 3. The second kappa shape index (κ2) is 6.29. The Balaban J connectivity index is 2.33. The van der Waals surface area contributed by atoms with E-state index in [9.17, 15) is 4.79 Å². The molecule has 0 aromatic heterocycles. The number of nitrogens with two attached hydrogens (primary N) is 1. The fraction of sp³-hybridized carbons (Fsp3) is 0.0667. The van der Waals surface area contributed by atoms with Gasteiger partial charge in [-0.1, -0.05) is 15.9 Å². The van der Waals surface area contributed by atoms with Crippen LogP contribution in [0, 0.1) is 11.3 Å². The molecule has 1 amide bonds. The Bertz CT molecular complexity index is 738. The van der Waals surface area contributed by atoms with Gasteiger partial charge in [0.15, 0.2) is 0 Å². The van der Waals surface area contributed by atoms with Crippen LogP contribution in [0.15, 0.2) is 40.9 Å². The third kappa shape index (κ3) is 3.33. The molecule has 0 heterocycles. The number of benzene rings is 2. The molecule has 0 aliphatic carbocycles. The maximum Gasteiger partial charge on any atom is 0.259 e. The van der Waals surface area contributed by atoms with E-state index in [0.717, 1.165) is 4.47 Å². The predicted molar refractivity (Wildman–Crippen MR) is 84.2 cm³/mol. The van der Waals surface area contributed by atoms with Gasteiger partial charge >= 0.3 is 0 Å². The first-order chi connectivity index (χ1) is 10.0. The Hall–Kier alpha value is -2.52. The van der Waals surface area contributed by atoms with Gasteiger partial charge < -0.3 is 15.8 Å². The summed E-state index contributed by atoms with van der Waals surface area (Å²) in [5.41, 5.74) is 7.31. The molecule has 3 N–H and O–H groups in total. The number of ether oxygens (including phenoxy) is 1. The van der Waals surface area contributed by atoms with E-state index in [2.05, 4.69) is 21.2 Å². The number of nitrogens with one attached hydrogen (secondary N) is 1. The number of anilines is 2. The second-order valence-electron chi connectivity index (χ2n) is 4.22. The van der Waals surface area contributed by atoms with Gasteiger partial charge in [-0.25, -0.2) is 0 Å². The molecular formula is C15H12BrN3O2. The minimum atomic E-state index is -0.370. The van der Waals surface area contributed by atoms with Crippen molar-refractivity contribution in [3.63, 3.8) is 0 Å². The topological polar surface area (TPSA) is 88.1 Å². The summed E-state index contributed by atoms with van der Waals surface area (Å²) in [7, 11) is 1.46. The van der Waals surface area contributed by atoms with Crippen molar-refractivity contribution in [1.29, 1.82) is 5.26 Å². The van der Waals surface area contributed by atoms with Crippen LogP contribution in [-0.2, 0) is 0 Å². The van der Waals surface area contributed by atoms with Gasteiger partial charge in [-0.05, 0) is 30.3 Å². The van der Waals surface area contributed by atoms with Crippen LogP contribution >= 0.6 is 15.9 Å². The first-order valence-electron chi connectivity index (χ1n) is 5.99. The van der Waals surface area contributed by atoms with Crippen molar-refractivity contribution in [2.45, 2.75) is 0 Å². The normalized spacial score (nSPS) is 9.76. The van der Waals surface area contributed by atoms with E-state index < -0.39 is 0 Å². The molecule has 0 fully saturated rings. The average molecular weight is 346 g/mol. The molecule has 0 aliphatic heterocycles. The van der Waals surface area contributed by atoms with Crippen molar-refractivity contribution in [2.24, 2.45) is 0 Å². The second-order valence-corrected chi connectivity index (χ2v) is 5.13. The third-order valence-electron chi connectivity index (χ3n) is 2.82. The zero-order valence-electron chi connectivity index (χ0n) is 11.2. The van der Waals surface area contributed by atoms with E-state index in [1.54, 1.807) is 36.4 Å². The molecule has 0 saturated heterocycles. The van der Waals surface area contributed by atoms with E-state index >= 15 is 0 Å². The van der Waals surface area contributed by atoms with Crippen LogP contribution in [-0.4, -0.2) is 13.0 Å². The van der Waals surface area contributed by atoms with Gasteiger partial charge in [0, 0.05) is 16.2 Å². The number of halogens is 1. The molecule has 2 aromatic carbocycles. The largest absolute Gasteiger partial charge is 0.496 e. The molecule has 0 aliphatic rings. The molecule has 0 bridgehead atoms. The lowest BCUT2D eigenvalue weighted by Gasteiger charge is -2.11. The zero-order valence-corrected chi connectivity index (χ0v) is 12.8. The minimum absolute atomic E-state index is 0.346. The van der Waals surface area contributed by atoms with Crippen molar-refractivity contribution in [2.75, 3.05) is 18.2 Å². The van der Waals surface area contributed by atoms with Gasteiger partial charge in [-0.2, -0.15) is 5.26 Å². The number of methoxy groups -OCH3 is 1. The summed E-state index contributed by atoms with van der Waals surface area (Å²) in [6.45, 7) is 0. The van der Waals surface area contributed by atoms with Crippen LogP contribution < -0.4 is 15.8 Å². The van der Waals surface area contributed by atoms with Crippen molar-refractivity contribution in [1.82, 2.24) is 0 Å². The van der Waals surface area contributed by atoms with E-state index in [1.165, 1.54) is 7.11 Å². The standard InChI is InChI=1S/C15H12BrN3O2/c1-21-14-7-11(18)3-4-12(14)15(20)19-13-5-2-10(16)6-9(13)8-17/h2-7H,18H2,1H3,(H,19,20). The minimum Gasteiger partial charge on any atom is -0.496 e. The monoisotopic (exact) mass is 345 g/mol. The van der Waals surface area contributed by atoms with Gasteiger partial charge in [0.2, 0.25) is 0 Å². The number of hydrogen-bond acceptors (Lipinski definition) is 4. The Morgan fingerprint density at radius 1 is 1.33 bits per heavy atom. The molecule has 21 heavy (non-hydrogen) atoms. The van der Waals surface area contributed by atoms with Crippen LogP contribution in [0.4, 0.5) is 11.4 Å². The summed E-state index contributed by atoms with van der Waals surface area (Å²) < 4.78 is 5.91. The highest BCUT2D eigenvalue weighted by Crippen LogP contribution is 2.25. The average Bonchev–Trinajstić information content (AvgIpc) is 2.48. The number of nitriles is 1. The molecule has 5 nitrogen and oxygen atoms in total. The molecule has 2 rings (SSSR count). The fourth-order valence-electron chi connectivity index (χ4n) is 1.80. The summed E-state index contributed by atoms with van der Waals surface area (Å²) in [6, 6.07) is 11.8. The van der Waals surface area contributed by atoms with Crippen LogP contribution in [0.25, 0.3) is 0 Å². The molecule has 2 aromatic rings. The van der Waals surface area contributed by atoms with E-state index in [4.69, 9.17) is 15.7 Å². The fourth-order valence-corrected chi connectivity index (χ4v) is 2.16. The van der Waals surface area contributed by atoms with Gasteiger partial charge in [0.05, 0.1) is 23.9 Å². The molecule has 6 heteroatoms. The smallest absolute Gasteiger partial charge is 0.259 e. The lowest BCUT2D eigenvalue weighted by atomic mass is 10.1. The highest BCUT2D eigenvalue weighted by atomic mass is 79.9. The van der Waals surface area contributed by atoms with E-state index in [-0.39, 0.29) is 5.91 Å². The molecule has 0 spiro atoms. The molecule has 106 valence electrons. The summed E-state index contributed by atoms with van der Waals surface area (Å²) in [5, 5.41) is 11.8. The van der Waals surface area contributed by atoms with Gasteiger partial charge in [-0.15, -0.1) is 0 Å². The Kier molecular flexibility index (Phi) is 4.45. The van der Waals surface area contributed by atoms with Crippen LogP contribution in [0.3, 0.4) is 0 Å². The number of hydrogen-bond donors (Lipinski definition) is 2. The van der Waals surface area contributed by atoms with Crippen molar-refractivity contribution in [3.8, 4) is 11.8 Å². The van der Waals surface area contributed by atoms with Crippen LogP contribution in [0.2, 0.25) is 0 Å². The maximum absolute atomic E-state index is 12.3. The number of amides is 1. The maximum atomic E-state index is 12.3. The first kappa shape index (κ1) is 14.9. The summed E-state index contributed by atoms with van der Waals surface area (Å²) >= 11 is 3.28. The molecule has 0 radical (unpaired) electrons. The first-order valence-corrected chi connectivity index (χ1v) is 6.79. The molecular weight excluding hydrogens is 334 g/mol. The number of carbonyl (C=O) groups is 1. The van der Waals surface area contributed by atoms with E-state index in [1.807, 2.05) is 6.07 Å². The van der Waals surface area contributed by atoms with Crippen LogP contribution in [0.5, 0.6) is 5.75 Å². The lowest BCUT2D eigenvalue weighted by molar-refractivity contribution is 0.102. The van der Waals surface area contributed by atoms with Crippen molar-refractivity contribution in [3.05, 3.63) is 52.0 Å². The number of nitrogen functional groups attached to an aromatic ring is 1. The van der Waals surface area contributed by atoms with E-state index in [0.29, 0.717) is 28.3 Å². The molecule has 0 saturated carbocycles. The zero-order chi connectivity index (χ0) is 15.4. The van der Waals surface area contributed by atoms with Gasteiger partial charge in [0.1, 0.15) is 11.8 Å². The Morgan fingerprint density at radius 2 is 2.10 bits per heavy atom. The summed E-state index contributed by atoms with van der Waals surface area (Å²) in [4.78, 5) is 12.3.